The van der Waals surface area contributed by atoms with E-state index in [0.29, 0.717) is 5.92 Å². The van der Waals surface area contributed by atoms with Crippen LogP contribution in [0.25, 0.3) is 0 Å². The molecule has 1 aliphatic heterocycles. The second-order valence-electron chi connectivity index (χ2n) is 12.9. The monoisotopic (exact) mass is 557 g/mol. The third-order valence-corrected chi connectivity index (χ3v) is 17.9. The minimum Gasteiger partial charge on any atom is -0.274 e. The van der Waals surface area contributed by atoms with Gasteiger partial charge in [-0.3, -0.25) is 4.79 Å². The zero-order chi connectivity index (χ0) is 27.6. The van der Waals surface area contributed by atoms with Crippen LogP contribution >= 0.6 is 0 Å². The van der Waals surface area contributed by atoms with Crippen molar-refractivity contribution in [2.45, 2.75) is 64.6 Å². The molecule has 3 aliphatic rings. The highest BCUT2D eigenvalue weighted by Gasteiger charge is 2.72. The van der Waals surface area contributed by atoms with Gasteiger partial charge in [0.25, 0.3) is 0 Å². The zero-order valence-corrected chi connectivity index (χ0v) is 25.2. The van der Waals surface area contributed by atoms with E-state index in [1.165, 1.54) is 20.2 Å². The van der Waals surface area contributed by atoms with Gasteiger partial charge in [0.1, 0.15) is 8.07 Å². The third kappa shape index (κ3) is 3.89. The number of carbonyl (C=O) groups excluding carboxylic acids is 1. The maximum absolute atomic E-state index is 14.4. The van der Waals surface area contributed by atoms with Gasteiger partial charge in [0.15, 0.2) is 0 Å². The molecule has 3 aromatic carbocycles. The predicted molar refractivity (Wildman–Crippen MR) is 160 cm³/mol. The highest BCUT2D eigenvalue weighted by molar-refractivity contribution is 7.90. The molecular formula is C33H39NO3SSi. The molecule has 39 heavy (non-hydrogen) atoms. The van der Waals surface area contributed by atoms with E-state index in [4.69, 9.17) is 0 Å². The maximum atomic E-state index is 14.4. The van der Waals surface area contributed by atoms with E-state index in [1.54, 1.807) is 0 Å². The lowest BCUT2D eigenvalue weighted by molar-refractivity contribution is -0.129. The summed E-state index contributed by atoms with van der Waals surface area (Å²) < 4.78 is 28.9. The minimum absolute atomic E-state index is 0.0620. The molecule has 4 atom stereocenters. The van der Waals surface area contributed by atoms with E-state index < -0.39 is 18.1 Å². The van der Waals surface area contributed by atoms with Gasteiger partial charge in [0.05, 0.1) is 11.8 Å². The molecule has 1 amide bonds. The molecule has 1 spiro atoms. The van der Waals surface area contributed by atoms with Crippen LogP contribution in [0, 0.1) is 23.7 Å². The second kappa shape index (κ2) is 9.17. The van der Waals surface area contributed by atoms with Crippen molar-refractivity contribution >= 4 is 34.4 Å². The maximum Gasteiger partial charge on any atom is 0.238 e. The van der Waals surface area contributed by atoms with Gasteiger partial charge in [0, 0.05) is 11.8 Å². The molecule has 0 unspecified atom stereocenters. The highest BCUT2D eigenvalue weighted by Crippen LogP contribution is 2.70. The Morgan fingerprint density at radius 3 is 2.05 bits per heavy atom. The van der Waals surface area contributed by atoms with Crippen molar-refractivity contribution in [3.8, 4) is 0 Å². The van der Waals surface area contributed by atoms with Crippen LogP contribution in [0.3, 0.4) is 0 Å². The van der Waals surface area contributed by atoms with Crippen LogP contribution in [0.1, 0.15) is 56.2 Å². The smallest absolute Gasteiger partial charge is 0.238 e. The fourth-order valence-electron chi connectivity index (χ4n) is 8.47. The van der Waals surface area contributed by atoms with Crippen molar-refractivity contribution in [1.29, 1.82) is 0 Å². The average Bonchev–Trinajstić information content (AvgIpc) is 3.41. The summed E-state index contributed by atoms with van der Waals surface area (Å²) in [5.74, 6) is 0.368. The third-order valence-electron chi connectivity index (χ3n) is 11.0. The predicted octanol–water partition coefficient (Wildman–Crippen LogP) is 5.27. The van der Waals surface area contributed by atoms with E-state index >= 15 is 0 Å². The zero-order valence-electron chi connectivity index (χ0n) is 23.4. The SMILES string of the molecule is Cc1ccc([C@@H](CC(=O)N2[C@@H]3C[C@H]4CC[C@]3(CS2(=O)=O)C4(C)C)[Si](C)(c2ccccc2)c2ccccc2)cc1. The molecule has 6 heteroatoms. The fraction of sp³-hybridized carbons (Fsp3) is 0.424. The van der Waals surface area contributed by atoms with E-state index in [0.717, 1.165) is 24.8 Å². The Hall–Kier alpha value is -2.70. The number of benzene rings is 3. The minimum atomic E-state index is -3.67. The molecule has 2 saturated carbocycles. The summed E-state index contributed by atoms with van der Waals surface area (Å²) in [4.78, 5) is 14.4. The number of fused-ring (bicyclic) bond motifs is 1. The van der Waals surface area contributed by atoms with Crippen molar-refractivity contribution in [3.63, 3.8) is 0 Å². The largest absolute Gasteiger partial charge is 0.274 e. The normalized spacial score (nSPS) is 27.3. The number of nitrogens with zero attached hydrogens (tertiary/aromatic N) is 1. The van der Waals surface area contributed by atoms with Crippen molar-refractivity contribution < 1.29 is 13.2 Å². The van der Waals surface area contributed by atoms with Gasteiger partial charge in [-0.05, 0) is 48.6 Å². The summed E-state index contributed by atoms with van der Waals surface area (Å²) >= 11 is 0. The van der Waals surface area contributed by atoms with Crippen molar-refractivity contribution in [3.05, 3.63) is 96.1 Å². The number of sulfonamides is 1. The van der Waals surface area contributed by atoms with Crippen LogP contribution in [-0.2, 0) is 14.8 Å². The van der Waals surface area contributed by atoms with Gasteiger partial charge < -0.3 is 0 Å². The molecule has 6 rings (SSSR count). The molecule has 4 nitrogen and oxygen atoms in total. The molecule has 0 radical (unpaired) electrons. The van der Waals surface area contributed by atoms with E-state index in [9.17, 15) is 13.2 Å². The van der Waals surface area contributed by atoms with Gasteiger partial charge in [-0.2, -0.15) is 0 Å². The fourth-order valence-corrected chi connectivity index (χ4v) is 15.4. The molecule has 3 aromatic rings. The van der Waals surface area contributed by atoms with Crippen LogP contribution in [0.2, 0.25) is 6.55 Å². The number of hydrogen-bond acceptors (Lipinski definition) is 3. The lowest BCUT2D eigenvalue weighted by Crippen LogP contribution is -2.61. The molecule has 3 fully saturated rings. The van der Waals surface area contributed by atoms with Crippen LogP contribution in [-0.4, -0.2) is 38.5 Å². The van der Waals surface area contributed by atoms with Gasteiger partial charge in [-0.25, -0.2) is 12.7 Å². The molecular weight excluding hydrogens is 519 g/mol. The lowest BCUT2D eigenvalue weighted by atomic mass is 9.69. The van der Waals surface area contributed by atoms with Crippen molar-refractivity contribution in [1.82, 2.24) is 4.31 Å². The topological polar surface area (TPSA) is 54.5 Å². The summed E-state index contributed by atoms with van der Waals surface area (Å²) in [5.41, 5.74) is 1.78. The van der Waals surface area contributed by atoms with Crippen LogP contribution in [0.15, 0.2) is 84.9 Å². The quantitative estimate of drug-likeness (QED) is 0.388. The molecule has 0 aromatic heterocycles. The van der Waals surface area contributed by atoms with Gasteiger partial charge in [0.2, 0.25) is 15.9 Å². The van der Waals surface area contributed by atoms with E-state index in [-0.39, 0.29) is 40.5 Å². The van der Waals surface area contributed by atoms with E-state index in [2.05, 4.69) is 100 Å². The molecule has 2 bridgehead atoms. The van der Waals surface area contributed by atoms with E-state index in [1.807, 2.05) is 12.1 Å². The van der Waals surface area contributed by atoms with Gasteiger partial charge in [-0.1, -0.05) is 121 Å². The summed E-state index contributed by atoms with van der Waals surface area (Å²) in [6, 6.07) is 29.4. The Morgan fingerprint density at radius 2 is 1.51 bits per heavy atom. The Kier molecular flexibility index (Phi) is 6.23. The molecule has 0 N–H and O–H groups in total. The number of hydrogen-bond donors (Lipinski definition) is 0. The van der Waals surface area contributed by atoms with Gasteiger partial charge in [-0.15, -0.1) is 0 Å². The van der Waals surface area contributed by atoms with Crippen LogP contribution < -0.4 is 10.4 Å². The second-order valence-corrected chi connectivity index (χ2v) is 19.0. The number of carbonyl (C=O) groups is 1. The first-order valence-electron chi connectivity index (χ1n) is 14.2. The number of amides is 1. The summed E-state index contributed by atoms with van der Waals surface area (Å²) in [5, 5.41) is 2.49. The lowest BCUT2D eigenvalue weighted by Gasteiger charge is -2.39. The summed E-state index contributed by atoms with van der Waals surface area (Å²) in [6.07, 6.45) is 2.96. The molecule has 1 saturated heterocycles. The summed E-state index contributed by atoms with van der Waals surface area (Å²) in [6.45, 7) is 8.88. The summed E-state index contributed by atoms with van der Waals surface area (Å²) in [7, 11) is -6.24. The molecule has 204 valence electrons. The van der Waals surface area contributed by atoms with Crippen LogP contribution in [0.5, 0.6) is 0 Å². The Balaban J connectivity index is 1.46. The number of rotatable bonds is 6. The Labute approximate surface area is 234 Å². The molecule has 2 aliphatic carbocycles. The Morgan fingerprint density at radius 1 is 0.949 bits per heavy atom. The Bertz CT molecular complexity index is 1450. The van der Waals surface area contributed by atoms with Crippen molar-refractivity contribution in [2.24, 2.45) is 16.7 Å². The number of aryl methyl sites for hydroxylation is 1. The first-order valence-corrected chi connectivity index (χ1v) is 18.4. The molecule has 1 heterocycles. The average molecular weight is 558 g/mol. The first-order chi connectivity index (χ1) is 18.5. The van der Waals surface area contributed by atoms with Gasteiger partial charge >= 0.3 is 0 Å². The standard InChI is InChI=1S/C33H39NO3SSi/c1-24-15-17-25(18-16-24)29(39(4,27-11-7-5-8-12-27)28-13-9-6-10-14-28)22-31(35)34-30-21-26-19-20-33(30,32(26,2)3)23-38(34,36)37/h5-18,26,29-30H,19-23H2,1-4H3/t26-,29-,30-,33-/m1/s1. The highest BCUT2D eigenvalue weighted by atomic mass is 32.2. The van der Waals surface area contributed by atoms with Crippen LogP contribution in [0.4, 0.5) is 0 Å². The van der Waals surface area contributed by atoms with Crippen molar-refractivity contribution in [2.75, 3.05) is 5.75 Å². The first kappa shape index (κ1) is 26.5.